The van der Waals surface area contributed by atoms with Crippen molar-refractivity contribution in [1.29, 1.82) is 0 Å². The Morgan fingerprint density at radius 1 is 1.21 bits per heavy atom. The number of rotatable bonds is 4. The number of hydrogen-bond donors (Lipinski definition) is 1. The fraction of sp³-hybridized carbons (Fsp3) is 0.263. The molecular formula is C19H20N2O3. The number of carbonyl (C=O) groups is 1. The molecule has 5 nitrogen and oxygen atoms in total. The number of esters is 1. The van der Waals surface area contributed by atoms with Crippen molar-refractivity contribution in [2.75, 3.05) is 7.11 Å². The van der Waals surface area contributed by atoms with Gasteiger partial charge in [-0.15, -0.1) is 0 Å². The van der Waals surface area contributed by atoms with Crippen molar-refractivity contribution < 1.29 is 14.6 Å². The second-order valence-electron chi connectivity index (χ2n) is 5.90. The quantitative estimate of drug-likeness (QED) is 0.749. The van der Waals surface area contributed by atoms with E-state index < -0.39 is 0 Å². The van der Waals surface area contributed by atoms with Gasteiger partial charge in [0.15, 0.2) is 0 Å². The second-order valence-corrected chi connectivity index (χ2v) is 5.90. The van der Waals surface area contributed by atoms with Crippen molar-refractivity contribution in [3.8, 4) is 0 Å². The number of aryl methyl sites for hydroxylation is 2. The van der Waals surface area contributed by atoms with E-state index in [1.54, 1.807) is 18.2 Å². The predicted molar refractivity (Wildman–Crippen MR) is 92.0 cm³/mol. The Labute approximate surface area is 140 Å². The maximum absolute atomic E-state index is 11.8. The highest BCUT2D eigenvalue weighted by atomic mass is 16.5. The molecule has 0 saturated carbocycles. The average molecular weight is 324 g/mol. The van der Waals surface area contributed by atoms with Crippen molar-refractivity contribution in [3.63, 3.8) is 0 Å². The standard InChI is InChI=1S/C19H20N2O3/c1-12-4-5-13(2)15(8-12)10-21-17-9-14(19(23)24-3)6-7-16(17)20-18(21)11-22/h4-9,22H,10-11H2,1-3H3. The second kappa shape index (κ2) is 6.45. The lowest BCUT2D eigenvalue weighted by molar-refractivity contribution is 0.0601. The Hall–Kier alpha value is -2.66. The van der Waals surface area contributed by atoms with Gasteiger partial charge in [-0.2, -0.15) is 0 Å². The number of imidazole rings is 1. The van der Waals surface area contributed by atoms with E-state index in [1.165, 1.54) is 18.2 Å². The Balaban J connectivity index is 2.14. The van der Waals surface area contributed by atoms with Crippen LogP contribution in [0.4, 0.5) is 0 Å². The van der Waals surface area contributed by atoms with E-state index in [9.17, 15) is 9.90 Å². The summed E-state index contributed by atoms with van der Waals surface area (Å²) in [7, 11) is 1.36. The lowest BCUT2D eigenvalue weighted by atomic mass is 10.1. The molecule has 0 aliphatic carbocycles. The Morgan fingerprint density at radius 2 is 2.00 bits per heavy atom. The zero-order valence-corrected chi connectivity index (χ0v) is 14.0. The third-order valence-corrected chi connectivity index (χ3v) is 4.22. The van der Waals surface area contributed by atoms with Crippen LogP contribution in [0.15, 0.2) is 36.4 Å². The van der Waals surface area contributed by atoms with Crippen molar-refractivity contribution in [3.05, 3.63) is 64.5 Å². The molecule has 0 amide bonds. The van der Waals surface area contributed by atoms with E-state index >= 15 is 0 Å². The van der Waals surface area contributed by atoms with Crippen LogP contribution in [0.25, 0.3) is 11.0 Å². The van der Waals surface area contributed by atoms with Gasteiger partial charge in [-0.25, -0.2) is 9.78 Å². The van der Waals surface area contributed by atoms with Gasteiger partial charge in [-0.1, -0.05) is 23.8 Å². The molecule has 0 aliphatic rings. The first kappa shape index (κ1) is 16.2. The number of aliphatic hydroxyl groups excluding tert-OH is 1. The number of nitrogens with zero attached hydrogens (tertiary/aromatic N) is 2. The molecule has 1 N–H and O–H groups in total. The summed E-state index contributed by atoms with van der Waals surface area (Å²) in [5.41, 5.74) is 5.54. The first-order chi connectivity index (χ1) is 11.5. The molecule has 0 atom stereocenters. The van der Waals surface area contributed by atoms with E-state index in [2.05, 4.69) is 37.0 Å². The molecule has 2 aromatic carbocycles. The molecule has 0 bridgehead atoms. The SMILES string of the molecule is COC(=O)c1ccc2nc(CO)n(Cc3cc(C)ccc3C)c2c1. The topological polar surface area (TPSA) is 64.3 Å². The maximum Gasteiger partial charge on any atom is 0.337 e. The average Bonchev–Trinajstić information content (AvgIpc) is 2.94. The molecule has 3 rings (SSSR count). The van der Waals surface area contributed by atoms with Gasteiger partial charge < -0.3 is 14.4 Å². The normalized spacial score (nSPS) is 11.0. The summed E-state index contributed by atoms with van der Waals surface area (Å²) in [6, 6.07) is 11.5. The van der Waals surface area contributed by atoms with Gasteiger partial charge in [0.05, 0.1) is 23.7 Å². The van der Waals surface area contributed by atoms with Crippen LogP contribution >= 0.6 is 0 Å². The van der Waals surface area contributed by atoms with Crippen molar-refractivity contribution >= 4 is 17.0 Å². The van der Waals surface area contributed by atoms with Gasteiger partial charge in [0.25, 0.3) is 0 Å². The van der Waals surface area contributed by atoms with Gasteiger partial charge in [-0.05, 0) is 43.2 Å². The molecule has 0 unspecified atom stereocenters. The fourth-order valence-corrected chi connectivity index (χ4v) is 2.86. The maximum atomic E-state index is 11.8. The summed E-state index contributed by atoms with van der Waals surface area (Å²) in [5.74, 6) is 0.190. The molecule has 1 heterocycles. The predicted octanol–water partition coefficient (Wildman–Crippen LogP) is 2.98. The van der Waals surface area contributed by atoms with Crippen molar-refractivity contribution in [1.82, 2.24) is 9.55 Å². The highest BCUT2D eigenvalue weighted by Gasteiger charge is 2.14. The van der Waals surface area contributed by atoms with Crippen LogP contribution < -0.4 is 0 Å². The molecule has 0 radical (unpaired) electrons. The van der Waals surface area contributed by atoms with Gasteiger partial charge in [0.2, 0.25) is 0 Å². The molecule has 0 fully saturated rings. The highest BCUT2D eigenvalue weighted by molar-refractivity contribution is 5.93. The first-order valence-corrected chi connectivity index (χ1v) is 7.78. The summed E-state index contributed by atoms with van der Waals surface area (Å²) >= 11 is 0. The van der Waals surface area contributed by atoms with E-state index in [4.69, 9.17) is 4.74 Å². The zero-order valence-electron chi connectivity index (χ0n) is 14.0. The van der Waals surface area contributed by atoms with Gasteiger partial charge in [0.1, 0.15) is 12.4 Å². The lowest BCUT2D eigenvalue weighted by Crippen LogP contribution is -2.07. The number of hydrogen-bond acceptors (Lipinski definition) is 4. The molecule has 124 valence electrons. The minimum atomic E-state index is -0.387. The summed E-state index contributed by atoms with van der Waals surface area (Å²) in [5, 5.41) is 9.67. The monoisotopic (exact) mass is 324 g/mol. The number of carbonyl (C=O) groups excluding carboxylic acids is 1. The van der Waals surface area contributed by atoms with E-state index in [1.807, 2.05) is 4.57 Å². The van der Waals surface area contributed by atoms with E-state index in [0.29, 0.717) is 17.9 Å². The molecule has 1 aromatic heterocycles. The third kappa shape index (κ3) is 2.90. The van der Waals surface area contributed by atoms with Crippen molar-refractivity contribution in [2.45, 2.75) is 27.0 Å². The van der Waals surface area contributed by atoms with E-state index in [0.717, 1.165) is 16.6 Å². The molecule has 0 aliphatic heterocycles. The molecule has 0 spiro atoms. The van der Waals surface area contributed by atoms with Crippen LogP contribution in [0.1, 0.15) is 32.9 Å². The van der Waals surface area contributed by atoms with Crippen LogP contribution in [0, 0.1) is 13.8 Å². The number of ether oxygens (including phenoxy) is 1. The van der Waals surface area contributed by atoms with Crippen LogP contribution in [0.2, 0.25) is 0 Å². The largest absolute Gasteiger partial charge is 0.465 e. The minimum Gasteiger partial charge on any atom is -0.465 e. The van der Waals surface area contributed by atoms with Gasteiger partial charge >= 0.3 is 5.97 Å². The Kier molecular flexibility index (Phi) is 4.36. The molecular weight excluding hydrogens is 304 g/mol. The number of aromatic nitrogens is 2. The highest BCUT2D eigenvalue weighted by Crippen LogP contribution is 2.22. The number of benzene rings is 2. The third-order valence-electron chi connectivity index (χ3n) is 4.22. The number of aliphatic hydroxyl groups is 1. The zero-order chi connectivity index (χ0) is 17.3. The molecule has 0 saturated heterocycles. The smallest absolute Gasteiger partial charge is 0.337 e. The minimum absolute atomic E-state index is 0.160. The Bertz CT molecular complexity index is 912. The van der Waals surface area contributed by atoms with Gasteiger partial charge in [0, 0.05) is 6.54 Å². The van der Waals surface area contributed by atoms with Crippen molar-refractivity contribution in [2.24, 2.45) is 0 Å². The molecule has 5 heteroatoms. The lowest BCUT2D eigenvalue weighted by Gasteiger charge is -2.12. The summed E-state index contributed by atoms with van der Waals surface area (Å²) < 4.78 is 6.74. The number of fused-ring (bicyclic) bond motifs is 1. The van der Waals surface area contributed by atoms with Crippen LogP contribution in [-0.4, -0.2) is 27.7 Å². The van der Waals surface area contributed by atoms with E-state index in [-0.39, 0.29) is 12.6 Å². The summed E-state index contributed by atoms with van der Waals surface area (Å²) in [6.07, 6.45) is 0. The summed E-state index contributed by atoms with van der Waals surface area (Å²) in [6.45, 7) is 4.54. The Morgan fingerprint density at radius 3 is 2.71 bits per heavy atom. The van der Waals surface area contributed by atoms with Gasteiger partial charge in [-0.3, -0.25) is 0 Å². The summed E-state index contributed by atoms with van der Waals surface area (Å²) in [4.78, 5) is 16.3. The molecule has 3 aromatic rings. The van der Waals surface area contributed by atoms with Crippen LogP contribution in [0.3, 0.4) is 0 Å². The van der Waals surface area contributed by atoms with Crippen LogP contribution in [-0.2, 0) is 17.9 Å². The fourth-order valence-electron chi connectivity index (χ4n) is 2.86. The molecule has 24 heavy (non-hydrogen) atoms. The van der Waals surface area contributed by atoms with Crippen LogP contribution in [0.5, 0.6) is 0 Å². The number of methoxy groups -OCH3 is 1. The first-order valence-electron chi connectivity index (χ1n) is 7.78.